The van der Waals surface area contributed by atoms with E-state index in [0.717, 1.165) is 18.4 Å². The second kappa shape index (κ2) is 5.99. The minimum Gasteiger partial charge on any atom is -0.347 e. The summed E-state index contributed by atoms with van der Waals surface area (Å²) in [5.74, 6) is 0.612. The fraction of sp³-hybridized carbons (Fsp3) is 0.471. The van der Waals surface area contributed by atoms with Gasteiger partial charge in [-0.15, -0.1) is 0 Å². The molecule has 7 heteroatoms. The third-order valence-corrected chi connectivity index (χ3v) is 4.54. The standard InChI is InChI=1S/C17H19N3O4/c1-12-18-15(19-24-12)13-2-4-14(5-3-13)16(21)20-8-6-17(7-9-20)22-10-11-23-17/h2-5H,6-11H2,1H3. The van der Waals surface area contributed by atoms with Gasteiger partial charge in [-0.1, -0.05) is 17.3 Å². The van der Waals surface area contributed by atoms with Gasteiger partial charge in [-0.3, -0.25) is 4.79 Å². The first-order chi connectivity index (χ1) is 11.7. The number of carbonyl (C=O) groups is 1. The van der Waals surface area contributed by atoms with Crippen LogP contribution in [0.3, 0.4) is 0 Å². The molecule has 1 spiro atoms. The first-order valence-corrected chi connectivity index (χ1v) is 8.13. The molecule has 2 aliphatic rings. The zero-order valence-corrected chi connectivity index (χ0v) is 13.5. The van der Waals surface area contributed by atoms with Gasteiger partial charge in [0.1, 0.15) is 0 Å². The van der Waals surface area contributed by atoms with Crippen LogP contribution in [0.2, 0.25) is 0 Å². The Morgan fingerprint density at radius 3 is 2.38 bits per heavy atom. The van der Waals surface area contributed by atoms with E-state index in [4.69, 9.17) is 14.0 Å². The van der Waals surface area contributed by atoms with Crippen molar-refractivity contribution < 1.29 is 18.8 Å². The number of hydrogen-bond donors (Lipinski definition) is 0. The zero-order chi connectivity index (χ0) is 16.6. The molecule has 1 aromatic carbocycles. The maximum Gasteiger partial charge on any atom is 0.253 e. The molecule has 24 heavy (non-hydrogen) atoms. The van der Waals surface area contributed by atoms with E-state index in [2.05, 4.69) is 10.1 Å². The molecule has 2 aromatic rings. The number of piperidine rings is 1. The molecular weight excluding hydrogens is 310 g/mol. The van der Waals surface area contributed by atoms with E-state index in [1.54, 1.807) is 19.1 Å². The second-order valence-electron chi connectivity index (χ2n) is 6.11. The van der Waals surface area contributed by atoms with E-state index in [0.29, 0.717) is 43.6 Å². The minimum absolute atomic E-state index is 0.0266. The highest BCUT2D eigenvalue weighted by Gasteiger charge is 2.40. The molecule has 0 saturated carbocycles. The Bertz CT molecular complexity index is 725. The van der Waals surface area contributed by atoms with E-state index < -0.39 is 5.79 Å². The van der Waals surface area contributed by atoms with Crippen molar-refractivity contribution in [1.82, 2.24) is 15.0 Å². The Hall–Kier alpha value is -2.25. The summed E-state index contributed by atoms with van der Waals surface area (Å²) in [6.07, 6.45) is 1.44. The van der Waals surface area contributed by atoms with Gasteiger partial charge in [-0.05, 0) is 12.1 Å². The van der Waals surface area contributed by atoms with Gasteiger partial charge in [0.15, 0.2) is 5.79 Å². The molecule has 0 aliphatic carbocycles. The molecule has 0 bridgehead atoms. The Morgan fingerprint density at radius 1 is 1.12 bits per heavy atom. The predicted octanol–water partition coefficient (Wildman–Crippen LogP) is 2.02. The second-order valence-corrected chi connectivity index (χ2v) is 6.11. The van der Waals surface area contributed by atoms with E-state index >= 15 is 0 Å². The van der Waals surface area contributed by atoms with Crippen LogP contribution >= 0.6 is 0 Å². The van der Waals surface area contributed by atoms with E-state index in [1.165, 1.54) is 0 Å². The summed E-state index contributed by atoms with van der Waals surface area (Å²) >= 11 is 0. The monoisotopic (exact) mass is 329 g/mol. The molecule has 0 N–H and O–H groups in total. The highest BCUT2D eigenvalue weighted by atomic mass is 16.7. The first-order valence-electron chi connectivity index (χ1n) is 8.13. The van der Waals surface area contributed by atoms with Crippen molar-refractivity contribution >= 4 is 5.91 Å². The van der Waals surface area contributed by atoms with Crippen LogP contribution in [0.5, 0.6) is 0 Å². The van der Waals surface area contributed by atoms with Crippen LogP contribution in [0.4, 0.5) is 0 Å². The van der Waals surface area contributed by atoms with Gasteiger partial charge in [-0.2, -0.15) is 4.98 Å². The molecule has 1 amide bonds. The number of benzene rings is 1. The number of rotatable bonds is 2. The van der Waals surface area contributed by atoms with Crippen LogP contribution in [0.1, 0.15) is 29.1 Å². The molecule has 0 radical (unpaired) electrons. The summed E-state index contributed by atoms with van der Waals surface area (Å²) in [6, 6.07) is 7.28. The molecule has 7 nitrogen and oxygen atoms in total. The predicted molar refractivity (Wildman–Crippen MR) is 84.2 cm³/mol. The van der Waals surface area contributed by atoms with Crippen molar-refractivity contribution in [2.24, 2.45) is 0 Å². The molecule has 2 saturated heterocycles. The van der Waals surface area contributed by atoms with Crippen molar-refractivity contribution in [3.63, 3.8) is 0 Å². The molecular formula is C17H19N3O4. The summed E-state index contributed by atoms with van der Waals surface area (Å²) in [4.78, 5) is 18.7. The lowest BCUT2D eigenvalue weighted by Gasteiger charge is -2.37. The summed E-state index contributed by atoms with van der Waals surface area (Å²) in [6.45, 7) is 4.32. The fourth-order valence-corrected chi connectivity index (χ4v) is 3.20. The van der Waals surface area contributed by atoms with Crippen molar-refractivity contribution in [2.75, 3.05) is 26.3 Å². The number of amides is 1. The van der Waals surface area contributed by atoms with Crippen LogP contribution in [0.25, 0.3) is 11.4 Å². The van der Waals surface area contributed by atoms with Gasteiger partial charge in [0.2, 0.25) is 11.7 Å². The van der Waals surface area contributed by atoms with Gasteiger partial charge in [0.25, 0.3) is 5.91 Å². The summed E-state index contributed by atoms with van der Waals surface area (Å²) in [5, 5.41) is 3.88. The van der Waals surface area contributed by atoms with Gasteiger partial charge < -0.3 is 18.9 Å². The minimum atomic E-state index is -0.461. The summed E-state index contributed by atoms with van der Waals surface area (Å²) in [7, 11) is 0. The fourth-order valence-electron chi connectivity index (χ4n) is 3.20. The van der Waals surface area contributed by atoms with Gasteiger partial charge in [-0.25, -0.2) is 0 Å². The topological polar surface area (TPSA) is 77.7 Å². The molecule has 1 aromatic heterocycles. The summed E-state index contributed by atoms with van der Waals surface area (Å²) < 4.78 is 16.4. The third-order valence-electron chi connectivity index (χ3n) is 4.54. The highest BCUT2D eigenvalue weighted by molar-refractivity contribution is 5.94. The number of carbonyl (C=O) groups excluding carboxylic acids is 1. The van der Waals surface area contributed by atoms with Crippen LogP contribution in [0.15, 0.2) is 28.8 Å². The molecule has 0 atom stereocenters. The lowest BCUT2D eigenvalue weighted by Crippen LogP contribution is -2.47. The molecule has 3 heterocycles. The van der Waals surface area contributed by atoms with Crippen LogP contribution in [0, 0.1) is 6.92 Å². The Balaban J connectivity index is 1.43. The molecule has 126 valence electrons. The van der Waals surface area contributed by atoms with Gasteiger partial charge in [0.05, 0.1) is 13.2 Å². The van der Waals surface area contributed by atoms with Crippen molar-refractivity contribution in [3.05, 3.63) is 35.7 Å². The highest BCUT2D eigenvalue weighted by Crippen LogP contribution is 2.31. The van der Waals surface area contributed by atoms with E-state index in [9.17, 15) is 4.79 Å². The van der Waals surface area contributed by atoms with Crippen molar-refractivity contribution in [2.45, 2.75) is 25.6 Å². The van der Waals surface area contributed by atoms with Gasteiger partial charge in [0, 0.05) is 44.0 Å². The normalized spacial score (nSPS) is 19.8. The van der Waals surface area contributed by atoms with Gasteiger partial charge >= 0.3 is 0 Å². The SMILES string of the molecule is Cc1nc(-c2ccc(C(=O)N3CCC4(CC3)OCCO4)cc2)no1. The van der Waals surface area contributed by atoms with Crippen molar-refractivity contribution in [3.8, 4) is 11.4 Å². The van der Waals surface area contributed by atoms with E-state index in [-0.39, 0.29) is 5.91 Å². The number of hydrogen-bond acceptors (Lipinski definition) is 6. The average Bonchev–Trinajstić information content (AvgIpc) is 3.25. The third kappa shape index (κ3) is 2.81. The molecule has 0 unspecified atom stereocenters. The Morgan fingerprint density at radius 2 is 1.79 bits per heavy atom. The number of aryl methyl sites for hydroxylation is 1. The number of nitrogens with zero attached hydrogens (tertiary/aromatic N) is 3. The largest absolute Gasteiger partial charge is 0.347 e. The number of aromatic nitrogens is 2. The molecule has 4 rings (SSSR count). The smallest absolute Gasteiger partial charge is 0.253 e. The van der Waals surface area contributed by atoms with E-state index in [1.807, 2.05) is 17.0 Å². The summed E-state index contributed by atoms with van der Waals surface area (Å²) in [5.41, 5.74) is 1.48. The van der Waals surface area contributed by atoms with Crippen LogP contribution in [-0.2, 0) is 9.47 Å². The Kier molecular flexibility index (Phi) is 3.82. The van der Waals surface area contributed by atoms with Crippen LogP contribution in [-0.4, -0.2) is 53.0 Å². The Labute approximate surface area is 139 Å². The average molecular weight is 329 g/mol. The number of likely N-dealkylation sites (tertiary alicyclic amines) is 1. The molecule has 2 aliphatic heterocycles. The molecule has 2 fully saturated rings. The van der Waals surface area contributed by atoms with Crippen LogP contribution < -0.4 is 0 Å². The maximum absolute atomic E-state index is 12.6. The lowest BCUT2D eigenvalue weighted by molar-refractivity contribution is -0.181. The maximum atomic E-state index is 12.6. The quantitative estimate of drug-likeness (QED) is 0.839. The first kappa shape index (κ1) is 15.3. The number of ether oxygens (including phenoxy) is 2. The van der Waals surface area contributed by atoms with Crippen molar-refractivity contribution in [1.29, 1.82) is 0 Å². The zero-order valence-electron chi connectivity index (χ0n) is 13.5. The lowest BCUT2D eigenvalue weighted by atomic mass is 10.0.